The summed E-state index contributed by atoms with van der Waals surface area (Å²) in [5.41, 5.74) is 3.47. The Balaban J connectivity index is 2.53. The fraction of sp³-hybridized carbons (Fsp3) is 0.143. The maximum atomic E-state index is 13.2. The molecule has 0 amide bonds. The Labute approximate surface area is 94.2 Å². The van der Waals surface area contributed by atoms with E-state index in [1.54, 1.807) is 12.1 Å². The Bertz CT molecular complexity index is 506. The molecule has 2 aromatic carbocycles. The Morgan fingerprint density at radius 3 is 2.56 bits per heavy atom. The second-order valence-electron chi connectivity index (χ2n) is 3.78. The molecule has 2 aromatic rings. The molecule has 0 fully saturated rings. The van der Waals surface area contributed by atoms with Gasteiger partial charge in [-0.05, 0) is 35.7 Å². The summed E-state index contributed by atoms with van der Waals surface area (Å²) in [6, 6.07) is 12.7. The van der Waals surface area contributed by atoms with Gasteiger partial charge >= 0.3 is 0 Å². The minimum absolute atomic E-state index is 0.272. The van der Waals surface area contributed by atoms with Crippen molar-refractivity contribution in [3.05, 3.63) is 59.4 Å². The van der Waals surface area contributed by atoms with E-state index in [0.717, 1.165) is 16.7 Å². The fourth-order valence-corrected chi connectivity index (χ4v) is 1.76. The molecular weight excluding hydrogens is 203 g/mol. The summed E-state index contributed by atoms with van der Waals surface area (Å²) >= 11 is 0. The molecule has 0 heterocycles. The molecule has 1 N–H and O–H groups in total. The molecule has 2 rings (SSSR count). The third-order valence-electron chi connectivity index (χ3n) is 2.67. The summed E-state index contributed by atoms with van der Waals surface area (Å²) in [5.74, 6) is -0.361. The number of benzene rings is 2. The molecule has 16 heavy (non-hydrogen) atoms. The smallest absolute Gasteiger partial charge is 0.128 e. The number of hydrogen-bond acceptors (Lipinski definition) is 1. The van der Waals surface area contributed by atoms with E-state index in [4.69, 9.17) is 5.11 Å². The second kappa shape index (κ2) is 4.45. The van der Waals surface area contributed by atoms with Crippen molar-refractivity contribution in [2.24, 2.45) is 0 Å². The molecule has 0 aliphatic heterocycles. The van der Waals surface area contributed by atoms with Gasteiger partial charge in [0, 0.05) is 5.56 Å². The highest BCUT2D eigenvalue weighted by Crippen LogP contribution is 2.25. The van der Waals surface area contributed by atoms with E-state index >= 15 is 0 Å². The number of aryl methyl sites for hydroxylation is 1. The van der Waals surface area contributed by atoms with Crippen molar-refractivity contribution >= 4 is 0 Å². The van der Waals surface area contributed by atoms with Gasteiger partial charge < -0.3 is 5.11 Å². The van der Waals surface area contributed by atoms with Crippen molar-refractivity contribution < 1.29 is 9.50 Å². The monoisotopic (exact) mass is 216 g/mol. The maximum absolute atomic E-state index is 13.2. The van der Waals surface area contributed by atoms with Crippen molar-refractivity contribution in [3.63, 3.8) is 0 Å². The van der Waals surface area contributed by atoms with E-state index < -0.39 is 0 Å². The van der Waals surface area contributed by atoms with Gasteiger partial charge in [0.2, 0.25) is 0 Å². The molecule has 0 atom stereocenters. The maximum Gasteiger partial charge on any atom is 0.128 e. The highest BCUT2D eigenvalue weighted by molar-refractivity contribution is 5.67. The van der Waals surface area contributed by atoms with Crippen LogP contribution in [0.1, 0.15) is 11.1 Å². The second-order valence-corrected chi connectivity index (χ2v) is 3.78. The molecule has 0 saturated heterocycles. The van der Waals surface area contributed by atoms with Crippen molar-refractivity contribution in [2.75, 3.05) is 0 Å². The number of halogens is 1. The SMILES string of the molecule is Cc1ccccc1-c1ccc(F)c(CO)c1. The molecule has 82 valence electrons. The van der Waals surface area contributed by atoms with Gasteiger partial charge in [-0.15, -0.1) is 0 Å². The fourth-order valence-electron chi connectivity index (χ4n) is 1.76. The minimum Gasteiger partial charge on any atom is -0.392 e. The summed E-state index contributed by atoms with van der Waals surface area (Å²) in [4.78, 5) is 0. The average molecular weight is 216 g/mol. The highest BCUT2D eigenvalue weighted by atomic mass is 19.1. The van der Waals surface area contributed by atoms with Crippen LogP contribution in [0.2, 0.25) is 0 Å². The van der Waals surface area contributed by atoms with E-state index in [1.165, 1.54) is 6.07 Å². The standard InChI is InChI=1S/C14H13FO/c1-10-4-2-3-5-13(10)11-6-7-14(15)12(8-11)9-16/h2-8,16H,9H2,1H3. The largest absolute Gasteiger partial charge is 0.392 e. The predicted octanol–water partition coefficient (Wildman–Crippen LogP) is 3.29. The highest BCUT2D eigenvalue weighted by Gasteiger charge is 2.05. The van der Waals surface area contributed by atoms with Gasteiger partial charge in [0.15, 0.2) is 0 Å². The van der Waals surface area contributed by atoms with E-state index in [0.29, 0.717) is 5.56 Å². The summed E-state index contributed by atoms with van der Waals surface area (Å²) in [7, 11) is 0. The molecular formula is C14H13FO. The number of aliphatic hydroxyl groups is 1. The molecule has 0 saturated carbocycles. The third-order valence-corrected chi connectivity index (χ3v) is 2.67. The van der Waals surface area contributed by atoms with Crippen LogP contribution in [0.3, 0.4) is 0 Å². The Morgan fingerprint density at radius 2 is 1.88 bits per heavy atom. The van der Waals surface area contributed by atoms with Crippen LogP contribution in [0, 0.1) is 12.7 Å². The molecule has 2 heteroatoms. The number of hydrogen-bond donors (Lipinski definition) is 1. The Kier molecular flexibility index (Phi) is 3.02. The summed E-state index contributed by atoms with van der Waals surface area (Å²) in [5, 5.41) is 9.02. The van der Waals surface area contributed by atoms with Crippen LogP contribution < -0.4 is 0 Å². The zero-order valence-corrected chi connectivity index (χ0v) is 9.07. The van der Waals surface area contributed by atoms with Gasteiger partial charge in [0.1, 0.15) is 5.82 Å². The van der Waals surface area contributed by atoms with Crippen LogP contribution in [-0.2, 0) is 6.61 Å². The summed E-state index contributed by atoms with van der Waals surface area (Å²) in [6.07, 6.45) is 0. The van der Waals surface area contributed by atoms with E-state index in [1.807, 2.05) is 31.2 Å². The lowest BCUT2D eigenvalue weighted by atomic mass is 9.99. The lowest BCUT2D eigenvalue weighted by molar-refractivity contribution is 0.276. The van der Waals surface area contributed by atoms with E-state index in [-0.39, 0.29) is 12.4 Å². The molecule has 0 spiro atoms. The lowest BCUT2D eigenvalue weighted by Gasteiger charge is -2.07. The Hall–Kier alpha value is -1.67. The van der Waals surface area contributed by atoms with Crippen molar-refractivity contribution in [2.45, 2.75) is 13.5 Å². The molecule has 0 unspecified atom stereocenters. The normalized spacial score (nSPS) is 10.4. The minimum atomic E-state index is -0.361. The van der Waals surface area contributed by atoms with E-state index in [9.17, 15) is 4.39 Å². The summed E-state index contributed by atoms with van der Waals surface area (Å²) < 4.78 is 13.2. The van der Waals surface area contributed by atoms with Crippen molar-refractivity contribution in [3.8, 4) is 11.1 Å². The van der Waals surface area contributed by atoms with Crippen molar-refractivity contribution in [1.29, 1.82) is 0 Å². The first-order valence-corrected chi connectivity index (χ1v) is 5.17. The van der Waals surface area contributed by atoms with Gasteiger partial charge in [0.25, 0.3) is 0 Å². The predicted molar refractivity (Wildman–Crippen MR) is 62.5 cm³/mol. The molecule has 0 bridgehead atoms. The topological polar surface area (TPSA) is 20.2 Å². The van der Waals surface area contributed by atoms with Gasteiger partial charge in [-0.3, -0.25) is 0 Å². The first-order chi connectivity index (χ1) is 7.72. The third kappa shape index (κ3) is 1.97. The number of aliphatic hydroxyl groups excluding tert-OH is 1. The first-order valence-electron chi connectivity index (χ1n) is 5.17. The molecule has 0 aliphatic rings. The number of rotatable bonds is 2. The van der Waals surface area contributed by atoms with Crippen LogP contribution in [0.15, 0.2) is 42.5 Å². The molecule has 0 aliphatic carbocycles. The van der Waals surface area contributed by atoms with Crippen LogP contribution in [0.25, 0.3) is 11.1 Å². The van der Waals surface area contributed by atoms with Crippen LogP contribution in [0.4, 0.5) is 4.39 Å². The van der Waals surface area contributed by atoms with Crippen molar-refractivity contribution in [1.82, 2.24) is 0 Å². The van der Waals surface area contributed by atoms with Crippen LogP contribution in [-0.4, -0.2) is 5.11 Å². The van der Waals surface area contributed by atoms with Gasteiger partial charge in [-0.2, -0.15) is 0 Å². The van der Waals surface area contributed by atoms with Gasteiger partial charge in [-0.25, -0.2) is 4.39 Å². The average Bonchev–Trinajstić information content (AvgIpc) is 2.31. The van der Waals surface area contributed by atoms with Gasteiger partial charge in [0.05, 0.1) is 6.61 Å². The zero-order valence-electron chi connectivity index (χ0n) is 9.07. The first kappa shape index (κ1) is 10.8. The summed E-state index contributed by atoms with van der Waals surface area (Å²) in [6.45, 7) is 1.74. The molecule has 0 radical (unpaired) electrons. The molecule has 0 aromatic heterocycles. The van der Waals surface area contributed by atoms with Gasteiger partial charge in [-0.1, -0.05) is 30.3 Å². The van der Waals surface area contributed by atoms with E-state index in [2.05, 4.69) is 0 Å². The quantitative estimate of drug-likeness (QED) is 0.816. The Morgan fingerprint density at radius 1 is 1.12 bits per heavy atom. The molecule has 1 nitrogen and oxygen atoms in total. The van der Waals surface area contributed by atoms with Crippen LogP contribution in [0.5, 0.6) is 0 Å². The van der Waals surface area contributed by atoms with Crippen LogP contribution >= 0.6 is 0 Å². The zero-order chi connectivity index (χ0) is 11.5. The lowest BCUT2D eigenvalue weighted by Crippen LogP contribution is -1.91.